The fourth-order valence-corrected chi connectivity index (χ4v) is 2.28. The quantitative estimate of drug-likeness (QED) is 0.823. The first-order valence-corrected chi connectivity index (χ1v) is 6.98. The molecule has 2 aromatic rings. The van der Waals surface area contributed by atoms with Gasteiger partial charge in [-0.05, 0) is 19.1 Å². The molecule has 108 valence electrons. The van der Waals surface area contributed by atoms with Gasteiger partial charge in [-0.1, -0.05) is 0 Å². The van der Waals surface area contributed by atoms with E-state index in [9.17, 15) is 9.59 Å². The highest BCUT2D eigenvalue weighted by atomic mass is 32.1. The largest absolute Gasteiger partial charge is 0.478 e. The highest BCUT2D eigenvalue weighted by Gasteiger charge is 2.08. The average molecular weight is 303 g/mol. The number of nitrogens with one attached hydrogen (secondary N) is 1. The molecule has 0 aliphatic heterocycles. The van der Waals surface area contributed by atoms with E-state index in [1.54, 1.807) is 23.8 Å². The third-order valence-electron chi connectivity index (χ3n) is 2.54. The van der Waals surface area contributed by atoms with E-state index in [-0.39, 0.29) is 5.91 Å². The summed E-state index contributed by atoms with van der Waals surface area (Å²) < 4.78 is 0. The average Bonchev–Trinajstić information content (AvgIpc) is 2.93. The van der Waals surface area contributed by atoms with Gasteiger partial charge in [0.15, 0.2) is 0 Å². The van der Waals surface area contributed by atoms with Gasteiger partial charge < -0.3 is 10.4 Å². The van der Waals surface area contributed by atoms with E-state index in [1.165, 1.54) is 17.4 Å². The lowest BCUT2D eigenvalue weighted by Gasteiger charge is -2.03. The highest BCUT2D eigenvalue weighted by molar-refractivity contribution is 7.11. The molecule has 0 unspecified atom stereocenters. The summed E-state index contributed by atoms with van der Waals surface area (Å²) in [5.41, 5.74) is 1.98. The molecule has 2 rings (SSSR count). The van der Waals surface area contributed by atoms with Gasteiger partial charge in [-0.15, -0.1) is 11.3 Å². The van der Waals surface area contributed by atoms with Crippen LogP contribution in [0.25, 0.3) is 6.08 Å². The molecular formula is C14H13N3O3S. The summed E-state index contributed by atoms with van der Waals surface area (Å²) in [6, 6.07) is 1.64. The number of nitrogens with zero attached hydrogens (tertiary/aromatic N) is 2. The number of aromatic nitrogens is 2. The van der Waals surface area contributed by atoms with Crippen molar-refractivity contribution in [1.82, 2.24) is 15.3 Å². The van der Waals surface area contributed by atoms with Crippen molar-refractivity contribution in [3.8, 4) is 0 Å². The molecule has 7 heteroatoms. The number of hydrogen-bond donors (Lipinski definition) is 2. The van der Waals surface area contributed by atoms with Crippen LogP contribution in [0.4, 0.5) is 0 Å². The van der Waals surface area contributed by atoms with Crippen LogP contribution in [0.3, 0.4) is 0 Å². The zero-order valence-corrected chi connectivity index (χ0v) is 12.1. The molecule has 0 bridgehead atoms. The number of rotatable bonds is 5. The Bertz CT molecular complexity index is 677. The second-order valence-electron chi connectivity index (χ2n) is 4.24. The molecule has 0 saturated heterocycles. The molecule has 2 N–H and O–H groups in total. The summed E-state index contributed by atoms with van der Waals surface area (Å²) in [5, 5.41) is 13.0. The fourth-order valence-electron chi connectivity index (χ4n) is 1.50. The first-order chi connectivity index (χ1) is 10.0. The first-order valence-electron chi connectivity index (χ1n) is 6.10. The lowest BCUT2D eigenvalue weighted by atomic mass is 10.2. The van der Waals surface area contributed by atoms with Crippen molar-refractivity contribution in [3.05, 3.63) is 51.7 Å². The van der Waals surface area contributed by atoms with Crippen LogP contribution in [0.5, 0.6) is 0 Å². The summed E-state index contributed by atoms with van der Waals surface area (Å²) in [6.07, 6.45) is 5.75. The smallest absolute Gasteiger partial charge is 0.328 e. The van der Waals surface area contributed by atoms with Crippen molar-refractivity contribution in [3.63, 3.8) is 0 Å². The van der Waals surface area contributed by atoms with Crippen molar-refractivity contribution in [1.29, 1.82) is 0 Å². The van der Waals surface area contributed by atoms with E-state index in [1.807, 2.05) is 6.92 Å². The van der Waals surface area contributed by atoms with Crippen LogP contribution < -0.4 is 5.32 Å². The summed E-state index contributed by atoms with van der Waals surface area (Å²) in [7, 11) is 0. The molecule has 0 spiro atoms. The van der Waals surface area contributed by atoms with Crippen molar-refractivity contribution in [2.45, 2.75) is 13.5 Å². The number of carboxylic acid groups (broad SMARTS) is 1. The minimum absolute atomic E-state index is 0.233. The van der Waals surface area contributed by atoms with Gasteiger partial charge in [0.1, 0.15) is 0 Å². The number of carbonyl (C=O) groups is 2. The second kappa shape index (κ2) is 6.76. The van der Waals surface area contributed by atoms with E-state index in [0.717, 1.165) is 11.8 Å². The van der Waals surface area contributed by atoms with Crippen molar-refractivity contribution >= 4 is 29.3 Å². The molecule has 21 heavy (non-hydrogen) atoms. The number of carbonyl (C=O) groups excluding carboxylic acids is 1. The van der Waals surface area contributed by atoms with Gasteiger partial charge in [-0.25, -0.2) is 4.79 Å². The summed E-state index contributed by atoms with van der Waals surface area (Å²) in [5.74, 6) is -1.25. The maximum absolute atomic E-state index is 11.9. The van der Waals surface area contributed by atoms with Crippen LogP contribution in [0.2, 0.25) is 0 Å². The minimum Gasteiger partial charge on any atom is -0.478 e. The fraction of sp³-hybridized carbons (Fsp3) is 0.143. The molecule has 1 amide bonds. The number of thiophene rings is 1. The highest BCUT2D eigenvalue weighted by Crippen LogP contribution is 2.16. The summed E-state index contributed by atoms with van der Waals surface area (Å²) >= 11 is 1.30. The maximum atomic E-state index is 11.9. The molecule has 0 saturated carbocycles. The molecule has 0 aromatic carbocycles. The summed E-state index contributed by atoms with van der Waals surface area (Å²) in [4.78, 5) is 31.3. The molecule has 0 atom stereocenters. The van der Waals surface area contributed by atoms with Crippen molar-refractivity contribution in [2.75, 3.05) is 0 Å². The molecule has 0 aliphatic rings. The Labute approximate surface area is 125 Å². The summed E-state index contributed by atoms with van der Waals surface area (Å²) in [6.45, 7) is 2.13. The Balaban J connectivity index is 1.94. The Morgan fingerprint density at radius 3 is 2.86 bits per heavy atom. The Morgan fingerprint density at radius 2 is 2.19 bits per heavy atom. The molecule has 2 heterocycles. The Morgan fingerprint density at radius 1 is 1.38 bits per heavy atom. The van der Waals surface area contributed by atoms with Crippen molar-refractivity contribution in [2.24, 2.45) is 0 Å². The molecule has 6 nitrogen and oxygen atoms in total. The Hall–Kier alpha value is -2.54. The van der Waals surface area contributed by atoms with E-state index in [4.69, 9.17) is 5.11 Å². The number of aryl methyl sites for hydroxylation is 1. The zero-order chi connectivity index (χ0) is 15.2. The molecule has 0 fully saturated rings. The van der Waals surface area contributed by atoms with Gasteiger partial charge in [0, 0.05) is 22.5 Å². The third-order valence-corrected chi connectivity index (χ3v) is 3.43. The van der Waals surface area contributed by atoms with Gasteiger partial charge >= 0.3 is 5.97 Å². The van der Waals surface area contributed by atoms with Crippen LogP contribution >= 0.6 is 11.3 Å². The number of carboxylic acids is 1. The van der Waals surface area contributed by atoms with Gasteiger partial charge in [-0.3, -0.25) is 14.8 Å². The standard InChI is InChI=1S/C14H13N3O3S/c1-9-5-16-11(6-15-9)7-17-14(20)10-4-12(21-8-10)2-3-13(18)19/h2-6,8H,7H2,1H3,(H,17,20)(H,18,19). The predicted octanol–water partition coefficient (Wildman–Crippen LogP) is 1.87. The number of hydrogen-bond acceptors (Lipinski definition) is 5. The minimum atomic E-state index is -1.02. The SMILES string of the molecule is Cc1cnc(CNC(=O)c2csc(C=CC(=O)O)c2)cn1. The van der Waals surface area contributed by atoms with Gasteiger partial charge in [-0.2, -0.15) is 0 Å². The van der Waals surface area contributed by atoms with Crippen molar-refractivity contribution < 1.29 is 14.7 Å². The van der Waals surface area contributed by atoms with Gasteiger partial charge in [0.2, 0.25) is 0 Å². The molecule has 2 aromatic heterocycles. The predicted molar refractivity (Wildman–Crippen MR) is 78.9 cm³/mol. The van der Waals surface area contributed by atoms with Gasteiger partial charge in [0.05, 0.1) is 29.7 Å². The number of amides is 1. The van der Waals surface area contributed by atoms with Crippen LogP contribution in [0, 0.1) is 6.92 Å². The van der Waals surface area contributed by atoms with E-state index in [2.05, 4.69) is 15.3 Å². The topological polar surface area (TPSA) is 92.2 Å². The Kier molecular flexibility index (Phi) is 4.78. The first kappa shape index (κ1) is 14.9. The lowest BCUT2D eigenvalue weighted by molar-refractivity contribution is -0.131. The molecule has 0 radical (unpaired) electrons. The maximum Gasteiger partial charge on any atom is 0.328 e. The molecule has 0 aliphatic carbocycles. The lowest BCUT2D eigenvalue weighted by Crippen LogP contribution is -2.22. The van der Waals surface area contributed by atoms with E-state index in [0.29, 0.717) is 22.7 Å². The monoisotopic (exact) mass is 303 g/mol. The zero-order valence-electron chi connectivity index (χ0n) is 11.2. The van der Waals surface area contributed by atoms with Crippen LogP contribution in [-0.2, 0) is 11.3 Å². The second-order valence-corrected chi connectivity index (χ2v) is 5.18. The van der Waals surface area contributed by atoms with Crippen LogP contribution in [0.1, 0.15) is 26.6 Å². The number of aliphatic carboxylic acids is 1. The van der Waals surface area contributed by atoms with E-state index < -0.39 is 5.97 Å². The molecular weight excluding hydrogens is 290 g/mol. The van der Waals surface area contributed by atoms with Gasteiger partial charge in [0.25, 0.3) is 5.91 Å². The third kappa shape index (κ3) is 4.50. The van der Waals surface area contributed by atoms with E-state index >= 15 is 0 Å². The van der Waals surface area contributed by atoms with Crippen LogP contribution in [0.15, 0.2) is 29.9 Å². The normalized spacial score (nSPS) is 10.7. The van der Waals surface area contributed by atoms with Crippen LogP contribution in [-0.4, -0.2) is 27.0 Å².